The molecule has 0 rings (SSSR count). The molecule has 0 heterocycles. The number of hydrogen-bond acceptors (Lipinski definition) is 5. The van der Waals surface area contributed by atoms with E-state index >= 15 is 0 Å². The predicted octanol–water partition coefficient (Wildman–Crippen LogP) is -13.0. The molecule has 0 unspecified atom stereocenters. The van der Waals surface area contributed by atoms with Crippen LogP contribution in [0, 0.1) is 0 Å². The summed E-state index contributed by atoms with van der Waals surface area (Å²) < 4.78 is 20.9. The maximum atomic E-state index is 10.5. The van der Waals surface area contributed by atoms with Gasteiger partial charge in [-0.25, -0.2) is 9.59 Å². The summed E-state index contributed by atoms with van der Waals surface area (Å²) in [7, 11) is -2.92. The van der Waals surface area contributed by atoms with E-state index in [1.54, 1.807) is 0 Å². The van der Waals surface area contributed by atoms with Crippen molar-refractivity contribution in [3.8, 4) is 0 Å². The third-order valence-corrected chi connectivity index (χ3v) is 0.155. The van der Waals surface area contributed by atoms with Gasteiger partial charge in [0, 0.05) is 0 Å². The molecule has 0 fully saturated rings. The predicted molar refractivity (Wildman–Crippen MR) is 18.0 cm³/mol. The Morgan fingerprint density at radius 2 is 0.923 bits per heavy atom. The second-order valence-electron chi connectivity index (χ2n) is 0.836. The Morgan fingerprint density at radius 3 is 0.923 bits per heavy atom. The summed E-state index contributed by atoms with van der Waals surface area (Å²) in [5.41, 5.74) is 0. The third kappa shape index (κ3) is 47.9. The molecular weight excluding hydrogens is 409 g/mol. The molecule has 0 aliphatic heterocycles. The van der Waals surface area contributed by atoms with Crippen LogP contribution in [0.4, 0.5) is 8.78 Å². The van der Waals surface area contributed by atoms with Crippen LogP contribution in [0.25, 0.3) is 0 Å². The minimum atomic E-state index is -2.92. The zero-order chi connectivity index (χ0) is 8.73. The summed E-state index contributed by atoms with van der Waals surface area (Å²) in [6.07, 6.45) is 0. The molecule has 0 amide bonds. The van der Waals surface area contributed by atoms with Gasteiger partial charge >= 0.3 is 187 Å². The van der Waals surface area contributed by atoms with Crippen LogP contribution in [0.3, 0.4) is 0 Å². The van der Waals surface area contributed by atoms with Crippen LogP contribution in [-0.4, -0.2) is 19.4 Å². The molecule has 13 heavy (non-hydrogen) atoms. The van der Waals surface area contributed by atoms with E-state index in [1.807, 2.05) is 0 Å². The van der Waals surface area contributed by atoms with Gasteiger partial charge in [0.15, 0.2) is 0 Å². The summed E-state index contributed by atoms with van der Waals surface area (Å²) in [6.45, 7) is 0. The van der Waals surface area contributed by atoms with Gasteiger partial charge in [-0.1, -0.05) is 0 Å². The molecule has 0 saturated heterocycles. The Morgan fingerprint density at radius 1 is 0.846 bits per heavy atom. The molecule has 0 bridgehead atoms. The van der Waals surface area contributed by atoms with Crippen molar-refractivity contribution in [2.24, 2.45) is 0 Å². The molecule has 0 aromatic heterocycles. The van der Waals surface area contributed by atoms with Gasteiger partial charge in [-0.15, -0.1) is 0 Å². The summed E-state index contributed by atoms with van der Waals surface area (Å²) in [6, 6.07) is -5.09. The molecule has 0 aromatic carbocycles. The summed E-state index contributed by atoms with van der Waals surface area (Å²) in [5.74, 6) is 0. The maximum absolute atomic E-state index is 10.5. The van der Waals surface area contributed by atoms with Crippen LogP contribution < -0.4 is 190 Å². The van der Waals surface area contributed by atoms with Crippen molar-refractivity contribution in [2.75, 3.05) is 0 Å². The monoisotopic (exact) mass is 408 g/mol. The van der Waals surface area contributed by atoms with E-state index in [4.69, 9.17) is 24.7 Å². The Bertz CT molecular complexity index is 120. The smallest absolute Gasteiger partial charge is 0.907 e. The molecule has 0 radical (unpaired) electrons. The molecule has 0 N–H and O–H groups in total. The van der Waals surface area contributed by atoms with Crippen molar-refractivity contribution in [1.29, 1.82) is 0 Å². The average Bonchev–Trinajstić information content (AvgIpc) is 1.63. The van der Waals surface area contributed by atoms with Gasteiger partial charge in [-0.3, -0.25) is 7.32 Å². The van der Waals surface area contributed by atoms with Crippen LogP contribution >= 0.6 is 0 Å². The molecule has 0 aromatic rings. The number of carbonyl (C=O) groups is 2. The second kappa shape index (κ2) is 21.8. The minimum Gasteiger partial charge on any atom is -0.907 e. The topological polar surface area (TPSA) is 103 Å². The zero-order valence-corrected chi connectivity index (χ0v) is 22.1. The number of carbonyl (C=O) groups excluding carboxylic acids is 2. The van der Waals surface area contributed by atoms with Gasteiger partial charge in [0.25, 0.3) is 0 Å². The van der Waals surface area contributed by atoms with Crippen molar-refractivity contribution in [2.45, 2.75) is 0 Å². The number of rotatable bonds is 1. The van der Waals surface area contributed by atoms with E-state index in [0.717, 1.165) is 0 Å². The second-order valence-corrected chi connectivity index (χ2v) is 0.836. The van der Waals surface area contributed by atoms with E-state index < -0.39 is 19.4 Å². The molecule has 58 valence electrons. The Labute approximate surface area is 220 Å². The molecule has 0 spiro atoms. The van der Waals surface area contributed by atoms with Crippen molar-refractivity contribution in [3.63, 3.8) is 0 Å². The molecule has 0 aliphatic carbocycles. The third-order valence-electron chi connectivity index (χ3n) is 0.155. The fourth-order valence-corrected chi connectivity index (χ4v) is 0. The van der Waals surface area contributed by atoms with E-state index in [-0.39, 0.29) is 175 Å². The molecule has 0 saturated carbocycles. The van der Waals surface area contributed by atoms with Crippen molar-refractivity contribution >= 4 is 19.4 Å². The number of halogens is 2. The van der Waals surface area contributed by atoms with Crippen LogP contribution in [0.15, 0.2) is 0 Å². The first-order valence-corrected chi connectivity index (χ1v) is 1.74. The fraction of sp³-hybridized carbons (Fsp3) is 0. The summed E-state index contributed by atoms with van der Waals surface area (Å²) in [5, 5.41) is 25.2. The zero-order valence-electron chi connectivity index (χ0n) is 7.37. The maximum Gasteiger partial charge on any atom is 1.00 e. The van der Waals surface area contributed by atoms with Gasteiger partial charge < -0.3 is 15.1 Å². The Balaban J connectivity index is -0.0000000279. The normalized spacial score (nSPS) is 5.62. The first kappa shape index (κ1) is 30.5. The minimum absolute atomic E-state index is 0. The van der Waals surface area contributed by atoms with Crippen molar-refractivity contribution in [1.82, 2.24) is 0 Å². The molecule has 0 aliphatic rings. The van der Waals surface area contributed by atoms with Gasteiger partial charge in [-0.2, -0.15) is 8.78 Å². The SMILES string of the molecule is O=C(F)C(=O)F.[O-]B([O-])[O-].[Rb+].[Rb+].[Rb+]. The van der Waals surface area contributed by atoms with Crippen molar-refractivity contribution < 1.29 is 208 Å². The van der Waals surface area contributed by atoms with Crippen LogP contribution in [-0.2, 0) is 9.59 Å². The quantitative estimate of drug-likeness (QED) is 0.243. The number of hydrogen-bond donors (Lipinski definition) is 0. The first-order valence-electron chi connectivity index (χ1n) is 1.74. The van der Waals surface area contributed by atoms with E-state index in [9.17, 15) is 8.78 Å². The molecular formula is C2BF2O5Rb3. The average molecular weight is 409 g/mol. The summed E-state index contributed by atoms with van der Waals surface area (Å²) in [4.78, 5) is 17.5. The van der Waals surface area contributed by atoms with Gasteiger partial charge in [0.1, 0.15) is 0 Å². The molecule has 5 nitrogen and oxygen atoms in total. The fourth-order valence-electron chi connectivity index (χ4n) is 0. The largest absolute Gasteiger partial charge is 1.00 e. The van der Waals surface area contributed by atoms with Crippen molar-refractivity contribution in [3.05, 3.63) is 0 Å². The molecule has 11 heteroatoms. The molecule has 0 atom stereocenters. The van der Waals surface area contributed by atoms with Crippen LogP contribution in [0.1, 0.15) is 0 Å². The van der Waals surface area contributed by atoms with E-state index in [1.165, 1.54) is 0 Å². The Kier molecular flexibility index (Phi) is 51.2. The van der Waals surface area contributed by atoms with Gasteiger partial charge in [-0.05, 0) is 0 Å². The van der Waals surface area contributed by atoms with Gasteiger partial charge in [0.2, 0.25) is 0 Å². The first-order chi connectivity index (χ1) is 4.37. The van der Waals surface area contributed by atoms with Crippen LogP contribution in [0.2, 0.25) is 0 Å². The Hall–Kier alpha value is 4.56. The van der Waals surface area contributed by atoms with E-state index in [0.29, 0.717) is 0 Å². The summed E-state index contributed by atoms with van der Waals surface area (Å²) >= 11 is 0. The van der Waals surface area contributed by atoms with Crippen LogP contribution in [0.5, 0.6) is 0 Å². The standard InChI is InChI=1S/C2F2O2.BO3.3Rb/c3-1(5)2(4)6;2-1(3)4;;;/q;-3;3*+1. The van der Waals surface area contributed by atoms with E-state index in [2.05, 4.69) is 0 Å². The van der Waals surface area contributed by atoms with Gasteiger partial charge in [0.05, 0.1) is 0 Å².